The number of unbranched alkanes of at least 4 members (excludes halogenated alkanes) is 49. The van der Waals surface area contributed by atoms with Crippen molar-refractivity contribution >= 4 is 17.9 Å². The van der Waals surface area contributed by atoms with Gasteiger partial charge in [0.25, 0.3) is 0 Å². The fourth-order valence-electron chi connectivity index (χ4n) is 10.7. The molecular weight excluding hydrogens is 973 g/mol. The molecule has 0 aromatic rings. The van der Waals surface area contributed by atoms with Gasteiger partial charge < -0.3 is 14.2 Å². The first kappa shape index (κ1) is 76.6. The van der Waals surface area contributed by atoms with Crippen LogP contribution in [0.4, 0.5) is 0 Å². The lowest BCUT2D eigenvalue weighted by Gasteiger charge is -2.18. The highest BCUT2D eigenvalue weighted by atomic mass is 16.6. The normalized spacial score (nSPS) is 12.2. The average Bonchev–Trinajstić information content (AvgIpc) is 3.45. The van der Waals surface area contributed by atoms with Crippen molar-refractivity contribution in [1.29, 1.82) is 0 Å². The van der Waals surface area contributed by atoms with Crippen molar-refractivity contribution in [2.24, 2.45) is 0 Å². The lowest BCUT2D eigenvalue weighted by molar-refractivity contribution is -0.167. The van der Waals surface area contributed by atoms with E-state index in [1.807, 2.05) is 0 Å². The molecule has 0 bridgehead atoms. The third-order valence-corrected chi connectivity index (χ3v) is 16.1. The molecule has 0 aromatic heterocycles. The van der Waals surface area contributed by atoms with Gasteiger partial charge in [-0.15, -0.1) is 0 Å². The SMILES string of the molecule is CCCCCCC/C=C\CCCCCCCC(=O)OCC(COC(=O)CCCCCCCCCCCCCCCCCCCCC/C=C\CCCCCCCCCC)OC(=O)CCCCCCC/C=C\CCCCCCCCC. The Balaban J connectivity index is 4.15. The number of rotatable bonds is 66. The molecule has 0 amide bonds. The lowest BCUT2D eigenvalue weighted by atomic mass is 10.0. The fraction of sp³-hybridized carbons (Fsp3) is 0.877. The molecule has 79 heavy (non-hydrogen) atoms. The van der Waals surface area contributed by atoms with Crippen LogP contribution < -0.4 is 0 Å². The molecule has 0 N–H and O–H groups in total. The van der Waals surface area contributed by atoms with Gasteiger partial charge in [0.05, 0.1) is 0 Å². The summed E-state index contributed by atoms with van der Waals surface area (Å²) in [5.41, 5.74) is 0. The molecule has 1 atom stereocenters. The summed E-state index contributed by atoms with van der Waals surface area (Å²) < 4.78 is 17.0. The molecule has 0 aliphatic carbocycles. The predicted octanol–water partition coefficient (Wildman–Crippen LogP) is 24.3. The number of hydrogen-bond donors (Lipinski definition) is 0. The van der Waals surface area contributed by atoms with Crippen LogP contribution in [-0.2, 0) is 28.6 Å². The number of allylic oxidation sites excluding steroid dienone is 6. The zero-order valence-electron chi connectivity index (χ0n) is 53.4. The highest BCUT2D eigenvalue weighted by Gasteiger charge is 2.19. The van der Waals surface area contributed by atoms with Gasteiger partial charge in [0.15, 0.2) is 6.10 Å². The minimum Gasteiger partial charge on any atom is -0.462 e. The summed E-state index contributed by atoms with van der Waals surface area (Å²) >= 11 is 0. The molecule has 0 aliphatic rings. The summed E-state index contributed by atoms with van der Waals surface area (Å²) in [6.45, 7) is 6.68. The van der Waals surface area contributed by atoms with Crippen LogP contribution in [0.1, 0.15) is 393 Å². The summed E-state index contributed by atoms with van der Waals surface area (Å²) in [6.07, 6.45) is 84.7. The number of esters is 3. The Morgan fingerprint density at radius 1 is 0.241 bits per heavy atom. The smallest absolute Gasteiger partial charge is 0.306 e. The van der Waals surface area contributed by atoms with Crippen LogP contribution in [0, 0.1) is 0 Å². The van der Waals surface area contributed by atoms with Crippen LogP contribution in [-0.4, -0.2) is 37.2 Å². The van der Waals surface area contributed by atoms with Crippen molar-refractivity contribution in [1.82, 2.24) is 0 Å². The largest absolute Gasteiger partial charge is 0.462 e. The Kier molecular flexibility index (Phi) is 66.1. The van der Waals surface area contributed by atoms with E-state index >= 15 is 0 Å². The molecule has 0 saturated carbocycles. The molecule has 0 aliphatic heterocycles. The second kappa shape index (κ2) is 68.1. The van der Waals surface area contributed by atoms with E-state index in [1.54, 1.807) is 0 Å². The topological polar surface area (TPSA) is 78.9 Å². The van der Waals surface area contributed by atoms with Crippen molar-refractivity contribution in [3.05, 3.63) is 36.5 Å². The highest BCUT2D eigenvalue weighted by Crippen LogP contribution is 2.18. The van der Waals surface area contributed by atoms with Gasteiger partial charge in [-0.2, -0.15) is 0 Å². The third-order valence-electron chi connectivity index (χ3n) is 16.1. The summed E-state index contributed by atoms with van der Waals surface area (Å²) in [6, 6.07) is 0. The van der Waals surface area contributed by atoms with Gasteiger partial charge in [-0.3, -0.25) is 14.4 Å². The summed E-state index contributed by atoms with van der Waals surface area (Å²) in [5, 5.41) is 0. The van der Waals surface area contributed by atoms with E-state index in [2.05, 4.69) is 57.2 Å². The standard InChI is InChI=1S/C73H136O6/c1-4-7-10-13-16-19-22-25-28-30-31-32-33-34-35-36-37-38-39-40-41-42-43-44-46-48-51-54-57-60-63-66-72(75)78-69-70(68-77-71(74)65-62-59-56-53-50-47-27-24-21-18-15-12-9-6-3)79-73(76)67-64-61-58-55-52-49-45-29-26-23-20-17-14-11-8-5-2/h24,27,29-31,45,70H,4-23,25-26,28,32-44,46-69H2,1-3H3/b27-24-,31-30-,45-29-. The molecule has 0 spiro atoms. The molecule has 0 aromatic carbocycles. The zero-order chi connectivity index (χ0) is 57.1. The van der Waals surface area contributed by atoms with E-state index < -0.39 is 6.10 Å². The Morgan fingerprint density at radius 3 is 0.633 bits per heavy atom. The zero-order valence-corrected chi connectivity index (χ0v) is 53.4. The maximum atomic E-state index is 12.9. The molecular formula is C73H136O6. The number of ether oxygens (including phenoxy) is 3. The fourth-order valence-corrected chi connectivity index (χ4v) is 10.7. The Hall–Kier alpha value is -2.37. The van der Waals surface area contributed by atoms with Crippen molar-refractivity contribution < 1.29 is 28.6 Å². The highest BCUT2D eigenvalue weighted by molar-refractivity contribution is 5.71. The van der Waals surface area contributed by atoms with Gasteiger partial charge in [-0.05, 0) is 96.3 Å². The van der Waals surface area contributed by atoms with Crippen LogP contribution in [0.5, 0.6) is 0 Å². The van der Waals surface area contributed by atoms with Crippen LogP contribution in [0.25, 0.3) is 0 Å². The number of hydrogen-bond acceptors (Lipinski definition) is 6. The number of carbonyl (C=O) groups is 3. The van der Waals surface area contributed by atoms with Gasteiger partial charge in [0.2, 0.25) is 0 Å². The van der Waals surface area contributed by atoms with Crippen LogP contribution >= 0.6 is 0 Å². The first-order chi connectivity index (χ1) is 39.0. The van der Waals surface area contributed by atoms with Crippen LogP contribution in [0.2, 0.25) is 0 Å². The van der Waals surface area contributed by atoms with Crippen LogP contribution in [0.15, 0.2) is 36.5 Å². The number of carbonyl (C=O) groups excluding carboxylic acids is 3. The van der Waals surface area contributed by atoms with Gasteiger partial charge in [0, 0.05) is 19.3 Å². The van der Waals surface area contributed by atoms with Gasteiger partial charge in [0.1, 0.15) is 13.2 Å². The average molecular weight is 1110 g/mol. The summed E-state index contributed by atoms with van der Waals surface area (Å²) in [5.74, 6) is -0.865. The molecule has 0 radical (unpaired) electrons. The van der Waals surface area contributed by atoms with Gasteiger partial charge >= 0.3 is 17.9 Å². The van der Waals surface area contributed by atoms with Crippen molar-refractivity contribution in [2.45, 2.75) is 399 Å². The Morgan fingerprint density at radius 2 is 0.418 bits per heavy atom. The minimum absolute atomic E-state index is 0.0737. The van der Waals surface area contributed by atoms with E-state index in [1.165, 1.54) is 283 Å². The molecule has 464 valence electrons. The van der Waals surface area contributed by atoms with Crippen molar-refractivity contribution in [3.8, 4) is 0 Å². The van der Waals surface area contributed by atoms with E-state index in [0.29, 0.717) is 19.3 Å². The quantitative estimate of drug-likeness (QED) is 0.0261. The molecule has 1 unspecified atom stereocenters. The molecule has 6 heteroatoms. The van der Waals surface area contributed by atoms with Crippen molar-refractivity contribution in [3.63, 3.8) is 0 Å². The first-order valence-corrected chi connectivity index (χ1v) is 35.5. The predicted molar refractivity (Wildman–Crippen MR) is 344 cm³/mol. The minimum atomic E-state index is -0.778. The van der Waals surface area contributed by atoms with E-state index in [0.717, 1.165) is 70.6 Å². The molecule has 0 fully saturated rings. The Labute approximate surface area is 493 Å². The Bertz CT molecular complexity index is 1320. The molecule has 0 saturated heterocycles. The third kappa shape index (κ3) is 66.3. The summed E-state index contributed by atoms with van der Waals surface area (Å²) in [7, 11) is 0. The van der Waals surface area contributed by atoms with Crippen molar-refractivity contribution in [2.75, 3.05) is 13.2 Å². The molecule has 6 nitrogen and oxygen atoms in total. The second-order valence-electron chi connectivity index (χ2n) is 24.1. The molecule has 0 heterocycles. The monoisotopic (exact) mass is 1110 g/mol. The lowest BCUT2D eigenvalue weighted by Crippen LogP contribution is -2.30. The van der Waals surface area contributed by atoms with Gasteiger partial charge in [-0.25, -0.2) is 0 Å². The maximum Gasteiger partial charge on any atom is 0.306 e. The second-order valence-corrected chi connectivity index (χ2v) is 24.1. The first-order valence-electron chi connectivity index (χ1n) is 35.5. The van der Waals surface area contributed by atoms with Crippen LogP contribution in [0.3, 0.4) is 0 Å². The van der Waals surface area contributed by atoms with Gasteiger partial charge in [-0.1, -0.05) is 314 Å². The molecule has 0 rings (SSSR count). The summed E-state index contributed by atoms with van der Waals surface area (Å²) in [4.78, 5) is 38.4. The van der Waals surface area contributed by atoms with E-state index in [-0.39, 0.29) is 31.1 Å². The van der Waals surface area contributed by atoms with E-state index in [4.69, 9.17) is 14.2 Å². The van der Waals surface area contributed by atoms with E-state index in [9.17, 15) is 14.4 Å². The maximum absolute atomic E-state index is 12.9.